The lowest BCUT2D eigenvalue weighted by Crippen LogP contribution is -2.35. The molecule has 1 fully saturated rings. The van der Waals surface area contributed by atoms with Crippen molar-refractivity contribution in [3.8, 4) is 5.75 Å². The second-order valence-corrected chi connectivity index (χ2v) is 5.28. The van der Waals surface area contributed by atoms with Gasteiger partial charge in [-0.3, -0.25) is 0 Å². The van der Waals surface area contributed by atoms with Crippen LogP contribution in [0.25, 0.3) is 0 Å². The topological polar surface area (TPSA) is 30.5 Å². The highest BCUT2D eigenvalue weighted by Gasteiger charge is 2.19. The zero-order valence-corrected chi connectivity index (χ0v) is 11.0. The summed E-state index contributed by atoms with van der Waals surface area (Å²) < 4.78 is 11.0. The Morgan fingerprint density at radius 2 is 2.11 bits per heavy atom. The zero-order chi connectivity index (χ0) is 12.4. The van der Waals surface area contributed by atoms with Gasteiger partial charge in [-0.25, -0.2) is 0 Å². The lowest BCUT2D eigenvalue weighted by atomic mass is 9.95. The van der Waals surface area contributed by atoms with E-state index in [9.17, 15) is 0 Å². The van der Waals surface area contributed by atoms with Crippen molar-refractivity contribution in [1.82, 2.24) is 5.32 Å². The van der Waals surface area contributed by atoms with Crippen LogP contribution in [0.2, 0.25) is 0 Å². The fourth-order valence-corrected chi connectivity index (χ4v) is 2.97. The smallest absolute Gasteiger partial charge is 0.122 e. The lowest BCUT2D eigenvalue weighted by molar-refractivity contribution is 0.134. The van der Waals surface area contributed by atoms with Crippen molar-refractivity contribution in [2.75, 3.05) is 13.7 Å². The van der Waals surface area contributed by atoms with Gasteiger partial charge in [-0.2, -0.15) is 0 Å². The normalized spacial score (nSPS) is 22.8. The van der Waals surface area contributed by atoms with Gasteiger partial charge >= 0.3 is 0 Å². The molecular weight excluding hydrogens is 226 g/mol. The van der Waals surface area contributed by atoms with E-state index in [0.29, 0.717) is 6.04 Å². The summed E-state index contributed by atoms with van der Waals surface area (Å²) in [6.45, 7) is 2.64. The molecule has 1 saturated heterocycles. The Morgan fingerprint density at radius 3 is 2.83 bits per heavy atom. The third-order valence-corrected chi connectivity index (χ3v) is 4.00. The number of benzene rings is 1. The van der Waals surface area contributed by atoms with E-state index in [1.807, 2.05) is 0 Å². The second kappa shape index (κ2) is 5.29. The van der Waals surface area contributed by atoms with Gasteiger partial charge in [0.15, 0.2) is 0 Å². The van der Waals surface area contributed by atoms with Gasteiger partial charge in [0.2, 0.25) is 0 Å². The number of hydrogen-bond donors (Lipinski definition) is 1. The number of ether oxygens (including phenoxy) is 2. The molecule has 3 heteroatoms. The predicted octanol–water partition coefficient (Wildman–Crippen LogP) is 2.41. The van der Waals surface area contributed by atoms with E-state index in [4.69, 9.17) is 9.47 Å². The maximum atomic E-state index is 5.53. The molecule has 0 saturated carbocycles. The highest BCUT2D eigenvalue weighted by Crippen LogP contribution is 2.30. The second-order valence-electron chi connectivity index (χ2n) is 5.28. The predicted molar refractivity (Wildman–Crippen MR) is 70.8 cm³/mol. The van der Waals surface area contributed by atoms with Crippen LogP contribution in [0, 0.1) is 0 Å². The first-order valence-corrected chi connectivity index (χ1v) is 6.86. The van der Waals surface area contributed by atoms with Crippen molar-refractivity contribution < 1.29 is 9.47 Å². The van der Waals surface area contributed by atoms with Crippen molar-refractivity contribution >= 4 is 0 Å². The molecule has 0 amide bonds. The summed E-state index contributed by atoms with van der Waals surface area (Å²) in [5.74, 6) is 1.02. The molecule has 1 unspecified atom stereocenters. The average Bonchev–Trinajstić information content (AvgIpc) is 2.86. The minimum Gasteiger partial charge on any atom is -0.496 e. The lowest BCUT2D eigenvalue weighted by Gasteiger charge is -2.24. The Morgan fingerprint density at radius 1 is 1.28 bits per heavy atom. The summed E-state index contributed by atoms with van der Waals surface area (Å²) in [6, 6.07) is 5.03. The van der Waals surface area contributed by atoms with Gasteiger partial charge in [-0.1, -0.05) is 6.42 Å². The molecule has 2 aliphatic heterocycles. The van der Waals surface area contributed by atoms with Crippen LogP contribution in [0.5, 0.6) is 5.75 Å². The first-order chi connectivity index (χ1) is 8.86. The highest BCUT2D eigenvalue weighted by molar-refractivity contribution is 5.44. The number of piperidine rings is 1. The Kier molecular flexibility index (Phi) is 3.52. The van der Waals surface area contributed by atoms with Crippen LogP contribution in [0.15, 0.2) is 12.1 Å². The van der Waals surface area contributed by atoms with Gasteiger partial charge < -0.3 is 14.8 Å². The molecule has 3 nitrogen and oxygen atoms in total. The summed E-state index contributed by atoms with van der Waals surface area (Å²) in [4.78, 5) is 0. The molecular formula is C15H21NO2. The molecule has 0 aliphatic carbocycles. The number of nitrogens with one attached hydrogen (secondary N) is 1. The van der Waals surface area contributed by atoms with E-state index in [1.165, 1.54) is 36.0 Å². The molecule has 1 aromatic rings. The first-order valence-electron chi connectivity index (χ1n) is 6.86. The van der Waals surface area contributed by atoms with Crippen LogP contribution < -0.4 is 10.1 Å². The summed E-state index contributed by atoms with van der Waals surface area (Å²) in [5.41, 5.74) is 3.94. The number of hydrogen-bond acceptors (Lipinski definition) is 3. The van der Waals surface area contributed by atoms with Gasteiger partial charge in [0, 0.05) is 6.04 Å². The fourth-order valence-electron chi connectivity index (χ4n) is 2.97. The molecule has 0 radical (unpaired) electrons. The third kappa shape index (κ3) is 2.38. The first kappa shape index (κ1) is 12.0. The van der Waals surface area contributed by atoms with E-state index in [0.717, 1.165) is 31.9 Å². The quantitative estimate of drug-likeness (QED) is 0.889. The van der Waals surface area contributed by atoms with E-state index < -0.39 is 0 Å². The fraction of sp³-hybridized carbons (Fsp3) is 0.600. The Hall–Kier alpha value is -1.06. The maximum absolute atomic E-state index is 5.53. The van der Waals surface area contributed by atoms with E-state index >= 15 is 0 Å². The highest BCUT2D eigenvalue weighted by atomic mass is 16.5. The minimum absolute atomic E-state index is 0.605. The minimum atomic E-state index is 0.605. The van der Waals surface area contributed by atoms with Crippen LogP contribution >= 0.6 is 0 Å². The molecule has 98 valence electrons. The summed E-state index contributed by atoms with van der Waals surface area (Å²) in [5, 5.41) is 3.60. The van der Waals surface area contributed by atoms with Crippen molar-refractivity contribution in [3.05, 3.63) is 28.8 Å². The van der Waals surface area contributed by atoms with Crippen molar-refractivity contribution in [1.29, 1.82) is 0 Å². The Balaban J connectivity index is 1.81. The summed E-state index contributed by atoms with van der Waals surface area (Å²) in [6.07, 6.45) is 4.99. The monoisotopic (exact) mass is 247 g/mol. The van der Waals surface area contributed by atoms with E-state index in [-0.39, 0.29) is 0 Å². The molecule has 0 bridgehead atoms. The van der Waals surface area contributed by atoms with Crippen LogP contribution in [-0.4, -0.2) is 19.7 Å². The molecule has 1 atom stereocenters. The van der Waals surface area contributed by atoms with Crippen LogP contribution in [0.4, 0.5) is 0 Å². The van der Waals surface area contributed by atoms with E-state index in [1.54, 1.807) is 7.11 Å². The Labute approximate surface area is 108 Å². The van der Waals surface area contributed by atoms with Gasteiger partial charge in [-0.15, -0.1) is 0 Å². The molecule has 3 rings (SSSR count). The largest absolute Gasteiger partial charge is 0.496 e. The van der Waals surface area contributed by atoms with Crippen LogP contribution in [-0.2, 0) is 24.4 Å². The molecule has 1 N–H and O–H groups in total. The molecule has 2 aliphatic rings. The number of fused-ring (bicyclic) bond motifs is 1. The van der Waals surface area contributed by atoms with Crippen molar-refractivity contribution in [2.45, 2.75) is 44.9 Å². The van der Waals surface area contributed by atoms with Gasteiger partial charge in [0.25, 0.3) is 0 Å². The number of rotatable bonds is 3. The third-order valence-electron chi connectivity index (χ3n) is 4.00. The summed E-state index contributed by atoms with van der Waals surface area (Å²) in [7, 11) is 1.76. The standard InChI is InChI=1S/C15H21NO2/c1-17-15-8-13-10-18-9-12(13)6-11(15)7-14-4-2-3-5-16-14/h6,8,14,16H,2-5,7,9-10H2,1H3. The number of methoxy groups -OCH3 is 1. The van der Waals surface area contributed by atoms with Gasteiger partial charge in [0.1, 0.15) is 5.75 Å². The van der Waals surface area contributed by atoms with E-state index in [2.05, 4.69) is 17.4 Å². The van der Waals surface area contributed by atoms with Crippen LogP contribution in [0.1, 0.15) is 36.0 Å². The Bertz CT molecular complexity index is 425. The van der Waals surface area contributed by atoms with Gasteiger partial charge in [0.05, 0.1) is 20.3 Å². The average molecular weight is 247 g/mol. The maximum Gasteiger partial charge on any atom is 0.122 e. The zero-order valence-electron chi connectivity index (χ0n) is 11.0. The summed E-state index contributed by atoms with van der Waals surface area (Å²) >= 11 is 0. The molecule has 0 spiro atoms. The molecule has 0 aromatic heterocycles. The molecule has 18 heavy (non-hydrogen) atoms. The molecule has 2 heterocycles. The van der Waals surface area contributed by atoms with Crippen LogP contribution in [0.3, 0.4) is 0 Å². The van der Waals surface area contributed by atoms with Crippen molar-refractivity contribution in [3.63, 3.8) is 0 Å². The van der Waals surface area contributed by atoms with Gasteiger partial charge in [-0.05, 0) is 54.6 Å². The van der Waals surface area contributed by atoms with Crippen molar-refractivity contribution in [2.24, 2.45) is 0 Å². The molecule has 1 aromatic carbocycles. The SMILES string of the molecule is COc1cc2c(cc1CC1CCCCN1)COC2.